The van der Waals surface area contributed by atoms with Gasteiger partial charge in [0.15, 0.2) is 0 Å². The Morgan fingerprint density at radius 2 is 1.54 bits per heavy atom. The second kappa shape index (κ2) is 6.58. The summed E-state index contributed by atoms with van der Waals surface area (Å²) in [6, 6.07) is 24.6. The normalized spacial score (nSPS) is 18.7. The number of benzene rings is 2. The molecule has 0 fully saturated rings. The van der Waals surface area contributed by atoms with Crippen molar-refractivity contribution in [2.75, 3.05) is 6.61 Å². The maximum atomic E-state index is 13.0. The fraction of sp³-hybridized carbons (Fsp3) is 0.174. The number of carbonyl (C=O) groups is 1. The summed E-state index contributed by atoms with van der Waals surface area (Å²) in [5.74, 6) is -0.169. The number of ether oxygens (including phenoxy) is 1. The topological polar surface area (TPSA) is 26.3 Å². The summed E-state index contributed by atoms with van der Waals surface area (Å²) in [6.45, 7) is 4.28. The van der Waals surface area contributed by atoms with Crippen LogP contribution in [-0.2, 0) is 14.9 Å². The van der Waals surface area contributed by atoms with E-state index in [2.05, 4.69) is 36.4 Å². The van der Waals surface area contributed by atoms with Gasteiger partial charge in [-0.2, -0.15) is 0 Å². The molecule has 1 unspecified atom stereocenters. The van der Waals surface area contributed by atoms with Crippen LogP contribution in [0.15, 0.2) is 78.4 Å². The largest absolute Gasteiger partial charge is 0.465 e. The lowest BCUT2D eigenvalue weighted by Crippen LogP contribution is -2.27. The van der Waals surface area contributed by atoms with Crippen LogP contribution in [0.2, 0.25) is 0 Å². The maximum Gasteiger partial charge on any atom is 0.326 e. The first-order chi connectivity index (χ1) is 12.7. The van der Waals surface area contributed by atoms with Crippen molar-refractivity contribution in [1.82, 2.24) is 0 Å². The minimum absolute atomic E-state index is 0.169. The van der Waals surface area contributed by atoms with Gasteiger partial charge >= 0.3 is 5.97 Å². The molecular formula is C23H20O2S. The number of hydrogen-bond donors (Lipinski definition) is 0. The molecule has 0 spiro atoms. The Morgan fingerprint density at radius 3 is 2.15 bits per heavy atom. The second-order valence-corrected chi connectivity index (χ2v) is 7.45. The molecule has 0 bridgehead atoms. The van der Waals surface area contributed by atoms with Gasteiger partial charge in [0, 0.05) is 9.75 Å². The van der Waals surface area contributed by atoms with Gasteiger partial charge in [-0.15, -0.1) is 11.3 Å². The minimum atomic E-state index is -0.727. The molecule has 1 aliphatic rings. The molecule has 1 aromatic heterocycles. The van der Waals surface area contributed by atoms with E-state index in [1.165, 1.54) is 5.56 Å². The summed E-state index contributed by atoms with van der Waals surface area (Å²) in [4.78, 5) is 15.2. The Balaban J connectivity index is 1.78. The molecule has 0 saturated carbocycles. The van der Waals surface area contributed by atoms with E-state index < -0.39 is 5.41 Å². The zero-order valence-corrected chi connectivity index (χ0v) is 15.7. The van der Waals surface area contributed by atoms with Crippen molar-refractivity contribution in [3.8, 4) is 10.4 Å². The van der Waals surface area contributed by atoms with Gasteiger partial charge in [-0.05, 0) is 48.3 Å². The molecule has 26 heavy (non-hydrogen) atoms. The third-order valence-electron chi connectivity index (χ3n) is 4.93. The molecule has 3 heteroatoms. The minimum Gasteiger partial charge on any atom is -0.465 e. The predicted octanol–water partition coefficient (Wildman–Crippen LogP) is 5.70. The highest BCUT2D eigenvalue weighted by Gasteiger charge is 2.60. The summed E-state index contributed by atoms with van der Waals surface area (Å²) in [7, 11) is 0. The number of rotatable bonds is 5. The van der Waals surface area contributed by atoms with Crippen molar-refractivity contribution >= 4 is 22.9 Å². The van der Waals surface area contributed by atoms with Crippen LogP contribution in [0.1, 0.15) is 24.3 Å². The van der Waals surface area contributed by atoms with Gasteiger partial charge in [-0.3, -0.25) is 4.79 Å². The Morgan fingerprint density at radius 1 is 0.923 bits per heavy atom. The third kappa shape index (κ3) is 2.51. The molecule has 4 rings (SSSR count). The Hall–Kier alpha value is -2.65. The number of thiophene rings is 1. The van der Waals surface area contributed by atoms with Crippen LogP contribution in [0.4, 0.5) is 0 Å². The fourth-order valence-corrected chi connectivity index (χ4v) is 4.90. The van der Waals surface area contributed by atoms with Gasteiger partial charge in [0.2, 0.25) is 0 Å². The zero-order chi connectivity index (χ0) is 18.1. The molecule has 0 saturated heterocycles. The maximum absolute atomic E-state index is 13.0. The van der Waals surface area contributed by atoms with E-state index in [-0.39, 0.29) is 5.97 Å². The molecule has 130 valence electrons. The zero-order valence-electron chi connectivity index (χ0n) is 14.9. The molecule has 1 heterocycles. The summed E-state index contributed by atoms with van der Waals surface area (Å²) >= 11 is 1.67. The average Bonchev–Trinajstić information content (AvgIpc) is 3.04. The standard InChI is InChI=1S/C23H20O2S/c1-3-25-22(24)23(16(2)21(23)18-12-8-5-9-13-18)20-15-14-19(26-20)17-10-6-4-7-11-17/h4-15H,3H2,1-2H3. The predicted molar refractivity (Wildman–Crippen MR) is 107 cm³/mol. The molecule has 0 amide bonds. The van der Waals surface area contributed by atoms with Crippen molar-refractivity contribution in [3.05, 3.63) is 88.8 Å². The lowest BCUT2D eigenvalue weighted by molar-refractivity contribution is -0.145. The lowest BCUT2D eigenvalue weighted by atomic mass is 9.92. The molecule has 0 radical (unpaired) electrons. The molecule has 0 aliphatic heterocycles. The van der Waals surface area contributed by atoms with Crippen LogP contribution >= 0.6 is 11.3 Å². The Labute approximate surface area is 157 Å². The first kappa shape index (κ1) is 16.8. The Kier molecular flexibility index (Phi) is 4.25. The van der Waals surface area contributed by atoms with Crippen molar-refractivity contribution in [2.24, 2.45) is 0 Å². The van der Waals surface area contributed by atoms with E-state index in [0.717, 1.165) is 26.5 Å². The van der Waals surface area contributed by atoms with Crippen molar-refractivity contribution < 1.29 is 9.53 Å². The van der Waals surface area contributed by atoms with E-state index in [1.807, 2.05) is 50.2 Å². The highest BCUT2D eigenvalue weighted by Crippen LogP contribution is 2.62. The van der Waals surface area contributed by atoms with Gasteiger partial charge in [0.25, 0.3) is 0 Å². The number of carbonyl (C=O) groups excluding carboxylic acids is 1. The average molecular weight is 360 g/mol. The van der Waals surface area contributed by atoms with Gasteiger partial charge in [-0.25, -0.2) is 0 Å². The van der Waals surface area contributed by atoms with Crippen LogP contribution < -0.4 is 0 Å². The van der Waals surface area contributed by atoms with Crippen LogP contribution in [0.5, 0.6) is 0 Å². The number of esters is 1. The van der Waals surface area contributed by atoms with Crippen molar-refractivity contribution in [1.29, 1.82) is 0 Å². The van der Waals surface area contributed by atoms with E-state index >= 15 is 0 Å². The van der Waals surface area contributed by atoms with Crippen molar-refractivity contribution in [3.63, 3.8) is 0 Å². The Bertz CT molecular complexity index is 970. The van der Waals surface area contributed by atoms with E-state index in [0.29, 0.717) is 6.61 Å². The van der Waals surface area contributed by atoms with Crippen LogP contribution in [-0.4, -0.2) is 12.6 Å². The smallest absolute Gasteiger partial charge is 0.326 e. The number of hydrogen-bond acceptors (Lipinski definition) is 3. The highest BCUT2D eigenvalue weighted by molar-refractivity contribution is 7.16. The van der Waals surface area contributed by atoms with Crippen LogP contribution in [0.3, 0.4) is 0 Å². The molecule has 2 nitrogen and oxygen atoms in total. The molecule has 3 aromatic rings. The van der Waals surface area contributed by atoms with Gasteiger partial charge in [0.1, 0.15) is 5.41 Å². The van der Waals surface area contributed by atoms with E-state index in [4.69, 9.17) is 4.74 Å². The highest BCUT2D eigenvalue weighted by atomic mass is 32.1. The van der Waals surface area contributed by atoms with Gasteiger partial charge < -0.3 is 4.74 Å². The first-order valence-electron chi connectivity index (χ1n) is 8.79. The second-order valence-electron chi connectivity index (χ2n) is 6.37. The third-order valence-corrected chi connectivity index (χ3v) is 6.18. The van der Waals surface area contributed by atoms with Gasteiger partial charge in [-0.1, -0.05) is 60.7 Å². The summed E-state index contributed by atoms with van der Waals surface area (Å²) < 4.78 is 5.49. The molecule has 2 aromatic carbocycles. The molecule has 1 atom stereocenters. The summed E-state index contributed by atoms with van der Waals surface area (Å²) in [5, 5.41) is 0. The van der Waals surface area contributed by atoms with Crippen molar-refractivity contribution in [2.45, 2.75) is 19.3 Å². The summed E-state index contributed by atoms with van der Waals surface area (Å²) in [5.41, 5.74) is 3.70. The fourth-order valence-electron chi connectivity index (χ4n) is 3.64. The first-order valence-corrected chi connectivity index (χ1v) is 9.61. The van der Waals surface area contributed by atoms with Gasteiger partial charge in [0.05, 0.1) is 6.61 Å². The molecule has 0 N–H and O–H groups in total. The monoisotopic (exact) mass is 360 g/mol. The quantitative estimate of drug-likeness (QED) is 0.545. The molecule has 1 aliphatic carbocycles. The lowest BCUT2D eigenvalue weighted by Gasteiger charge is -2.17. The van der Waals surface area contributed by atoms with E-state index in [9.17, 15) is 4.79 Å². The van der Waals surface area contributed by atoms with Crippen LogP contribution in [0.25, 0.3) is 16.0 Å². The molecular weight excluding hydrogens is 340 g/mol. The summed E-state index contributed by atoms with van der Waals surface area (Å²) in [6.07, 6.45) is 0. The van der Waals surface area contributed by atoms with Crippen LogP contribution in [0, 0.1) is 0 Å². The SMILES string of the molecule is CCOC(=O)C1(c2ccc(-c3ccccc3)s2)C(C)=C1c1ccccc1. The van der Waals surface area contributed by atoms with E-state index in [1.54, 1.807) is 11.3 Å².